The van der Waals surface area contributed by atoms with Gasteiger partial charge in [0.25, 0.3) is 0 Å². The van der Waals surface area contributed by atoms with Crippen molar-refractivity contribution >= 4 is 11.6 Å². The molecule has 1 aromatic heterocycles. The van der Waals surface area contributed by atoms with Crippen molar-refractivity contribution in [2.45, 2.75) is 53.6 Å². The van der Waals surface area contributed by atoms with Gasteiger partial charge in [-0.3, -0.25) is 4.68 Å². The molecule has 0 spiro atoms. The van der Waals surface area contributed by atoms with E-state index in [1.165, 1.54) is 12.8 Å². The second-order valence-corrected chi connectivity index (χ2v) is 4.85. The standard InChI is InChI=1S/C13H24ClN3/c1-5-11(6-2)8-15-9-12-13(14)10(4)16-17(12)7-3/h11,15H,5-9H2,1-4H3. The number of nitrogens with zero attached hydrogens (tertiary/aromatic N) is 2. The maximum atomic E-state index is 6.25. The molecule has 1 N–H and O–H groups in total. The molecule has 0 fully saturated rings. The molecule has 0 saturated heterocycles. The highest BCUT2D eigenvalue weighted by Gasteiger charge is 2.12. The molecule has 3 nitrogen and oxygen atoms in total. The topological polar surface area (TPSA) is 29.9 Å². The quantitative estimate of drug-likeness (QED) is 0.812. The summed E-state index contributed by atoms with van der Waals surface area (Å²) in [4.78, 5) is 0. The fraction of sp³-hybridized carbons (Fsp3) is 0.769. The number of aryl methyl sites for hydroxylation is 2. The molecule has 1 aromatic rings. The molecule has 1 rings (SSSR count). The first-order valence-corrected chi connectivity index (χ1v) is 6.94. The summed E-state index contributed by atoms with van der Waals surface area (Å²) in [5, 5.41) is 8.71. The number of halogens is 1. The zero-order chi connectivity index (χ0) is 12.8. The van der Waals surface area contributed by atoms with Gasteiger partial charge in [-0.15, -0.1) is 0 Å². The van der Waals surface area contributed by atoms with Gasteiger partial charge in [-0.2, -0.15) is 5.10 Å². The lowest BCUT2D eigenvalue weighted by molar-refractivity contribution is 0.442. The van der Waals surface area contributed by atoms with Crippen LogP contribution in [-0.2, 0) is 13.1 Å². The first kappa shape index (κ1) is 14.5. The number of rotatable bonds is 7. The summed E-state index contributed by atoms with van der Waals surface area (Å²) in [6.45, 7) is 11.3. The van der Waals surface area contributed by atoms with Gasteiger partial charge in [0.15, 0.2) is 0 Å². The zero-order valence-electron chi connectivity index (χ0n) is 11.4. The largest absolute Gasteiger partial charge is 0.311 e. The van der Waals surface area contributed by atoms with Crippen molar-refractivity contribution in [3.05, 3.63) is 16.4 Å². The highest BCUT2D eigenvalue weighted by atomic mass is 35.5. The van der Waals surface area contributed by atoms with Crippen LogP contribution in [0.1, 0.15) is 45.0 Å². The van der Waals surface area contributed by atoms with Crippen LogP contribution < -0.4 is 5.32 Å². The van der Waals surface area contributed by atoms with E-state index in [-0.39, 0.29) is 0 Å². The Morgan fingerprint density at radius 1 is 1.29 bits per heavy atom. The molecule has 17 heavy (non-hydrogen) atoms. The summed E-state index contributed by atoms with van der Waals surface area (Å²) in [6, 6.07) is 0. The minimum atomic E-state index is 0.757. The summed E-state index contributed by atoms with van der Waals surface area (Å²) in [5.74, 6) is 0.757. The fourth-order valence-electron chi connectivity index (χ4n) is 2.01. The van der Waals surface area contributed by atoms with E-state index in [2.05, 4.69) is 31.2 Å². The van der Waals surface area contributed by atoms with Crippen LogP contribution in [0.3, 0.4) is 0 Å². The van der Waals surface area contributed by atoms with Crippen LogP contribution in [0, 0.1) is 12.8 Å². The lowest BCUT2D eigenvalue weighted by Gasteiger charge is -2.13. The van der Waals surface area contributed by atoms with E-state index in [1.54, 1.807) is 0 Å². The number of hydrogen-bond donors (Lipinski definition) is 1. The lowest BCUT2D eigenvalue weighted by Crippen LogP contribution is -2.23. The second kappa shape index (κ2) is 7.02. The molecule has 0 aliphatic heterocycles. The Morgan fingerprint density at radius 2 is 1.94 bits per heavy atom. The van der Waals surface area contributed by atoms with Crippen LogP contribution in [0.4, 0.5) is 0 Å². The minimum absolute atomic E-state index is 0.757. The maximum Gasteiger partial charge on any atom is 0.0860 e. The van der Waals surface area contributed by atoms with E-state index >= 15 is 0 Å². The first-order valence-electron chi connectivity index (χ1n) is 6.56. The Morgan fingerprint density at radius 3 is 2.47 bits per heavy atom. The van der Waals surface area contributed by atoms with Crippen molar-refractivity contribution in [2.24, 2.45) is 5.92 Å². The van der Waals surface area contributed by atoms with Gasteiger partial charge in [0.05, 0.1) is 16.4 Å². The summed E-state index contributed by atoms with van der Waals surface area (Å²) < 4.78 is 1.98. The molecule has 0 aromatic carbocycles. The van der Waals surface area contributed by atoms with E-state index in [0.29, 0.717) is 0 Å². The van der Waals surface area contributed by atoms with E-state index in [1.807, 2.05) is 11.6 Å². The zero-order valence-corrected chi connectivity index (χ0v) is 12.1. The summed E-state index contributed by atoms with van der Waals surface area (Å²) in [7, 11) is 0. The molecule has 0 aliphatic rings. The Hall–Kier alpha value is -0.540. The van der Waals surface area contributed by atoms with Gasteiger partial charge < -0.3 is 5.32 Å². The van der Waals surface area contributed by atoms with E-state index in [4.69, 9.17) is 11.6 Å². The van der Waals surface area contributed by atoms with Crippen molar-refractivity contribution in [3.8, 4) is 0 Å². The first-order chi connectivity index (χ1) is 8.13. The summed E-state index contributed by atoms with van der Waals surface area (Å²) >= 11 is 6.25. The second-order valence-electron chi connectivity index (χ2n) is 4.48. The normalized spacial score (nSPS) is 11.4. The third kappa shape index (κ3) is 3.71. The van der Waals surface area contributed by atoms with Crippen LogP contribution in [0.2, 0.25) is 5.02 Å². The van der Waals surface area contributed by atoms with Gasteiger partial charge in [-0.05, 0) is 26.3 Å². The Balaban J connectivity index is 2.56. The SMILES string of the molecule is CCC(CC)CNCc1c(Cl)c(C)nn1CC. The summed E-state index contributed by atoms with van der Waals surface area (Å²) in [5.41, 5.74) is 2.03. The predicted octanol–water partition coefficient (Wildman–Crippen LogP) is 3.39. The molecule has 1 heterocycles. The molecule has 0 saturated carbocycles. The fourth-order valence-corrected chi connectivity index (χ4v) is 2.21. The molecule has 0 unspecified atom stereocenters. The molecule has 0 radical (unpaired) electrons. The van der Waals surface area contributed by atoms with Crippen LogP contribution in [0.15, 0.2) is 0 Å². The number of nitrogens with one attached hydrogen (secondary N) is 1. The average Bonchev–Trinajstić information content (AvgIpc) is 2.62. The van der Waals surface area contributed by atoms with Gasteiger partial charge in [0.2, 0.25) is 0 Å². The third-order valence-electron chi connectivity index (χ3n) is 3.33. The molecule has 0 bridgehead atoms. The van der Waals surface area contributed by atoms with E-state index < -0.39 is 0 Å². The molecule has 0 amide bonds. The smallest absolute Gasteiger partial charge is 0.0860 e. The van der Waals surface area contributed by atoms with Crippen molar-refractivity contribution in [3.63, 3.8) is 0 Å². The highest BCUT2D eigenvalue weighted by Crippen LogP contribution is 2.20. The summed E-state index contributed by atoms with van der Waals surface area (Å²) in [6.07, 6.45) is 2.45. The number of hydrogen-bond acceptors (Lipinski definition) is 2. The molecule has 98 valence electrons. The maximum absolute atomic E-state index is 6.25. The van der Waals surface area contributed by atoms with Gasteiger partial charge in [-0.1, -0.05) is 38.3 Å². The van der Waals surface area contributed by atoms with E-state index in [0.717, 1.165) is 42.0 Å². The van der Waals surface area contributed by atoms with Gasteiger partial charge in [0.1, 0.15) is 0 Å². The molecule has 0 aliphatic carbocycles. The molecule has 0 atom stereocenters. The van der Waals surface area contributed by atoms with Crippen LogP contribution >= 0.6 is 11.6 Å². The predicted molar refractivity (Wildman–Crippen MR) is 73.4 cm³/mol. The Kier molecular flexibility index (Phi) is 6.00. The van der Waals surface area contributed by atoms with E-state index in [9.17, 15) is 0 Å². The molecular weight excluding hydrogens is 234 g/mol. The van der Waals surface area contributed by atoms with Gasteiger partial charge >= 0.3 is 0 Å². The van der Waals surface area contributed by atoms with Crippen molar-refractivity contribution in [1.29, 1.82) is 0 Å². The van der Waals surface area contributed by atoms with Crippen molar-refractivity contribution < 1.29 is 0 Å². The van der Waals surface area contributed by atoms with Gasteiger partial charge in [-0.25, -0.2) is 0 Å². The Labute approximate surface area is 110 Å². The van der Waals surface area contributed by atoms with Crippen LogP contribution in [0.25, 0.3) is 0 Å². The van der Waals surface area contributed by atoms with Crippen LogP contribution in [0.5, 0.6) is 0 Å². The average molecular weight is 258 g/mol. The Bertz CT molecular complexity index is 343. The van der Waals surface area contributed by atoms with Crippen LogP contribution in [-0.4, -0.2) is 16.3 Å². The lowest BCUT2D eigenvalue weighted by atomic mass is 10.0. The highest BCUT2D eigenvalue weighted by molar-refractivity contribution is 6.31. The third-order valence-corrected chi connectivity index (χ3v) is 3.82. The van der Waals surface area contributed by atoms with Gasteiger partial charge in [0, 0.05) is 13.1 Å². The monoisotopic (exact) mass is 257 g/mol. The minimum Gasteiger partial charge on any atom is -0.311 e. The van der Waals surface area contributed by atoms with Crippen molar-refractivity contribution in [1.82, 2.24) is 15.1 Å². The molecule has 4 heteroatoms. The number of aromatic nitrogens is 2. The van der Waals surface area contributed by atoms with Crippen molar-refractivity contribution in [2.75, 3.05) is 6.54 Å². The molecular formula is C13H24ClN3.